The predicted octanol–water partition coefficient (Wildman–Crippen LogP) is -0.466. The maximum Gasteiger partial charge on any atom is 0.403 e. The molecule has 0 fully saturated rings. The highest BCUT2D eigenvalue weighted by atomic mass is 31.2. The van der Waals surface area contributed by atoms with Gasteiger partial charge in [0.05, 0.1) is 6.61 Å². The lowest BCUT2D eigenvalue weighted by molar-refractivity contribution is -0.137. The Morgan fingerprint density at radius 1 is 1.16 bits per heavy atom. The normalized spacial score (nSPS) is 10.7. The number of hydrogen-bond donors (Lipinski definition) is 5. The van der Waals surface area contributed by atoms with Crippen molar-refractivity contribution in [3.63, 3.8) is 0 Å². The van der Waals surface area contributed by atoms with Crippen LogP contribution in [0.2, 0.25) is 0 Å². The average Bonchev–Trinajstić information content (AvgIpc) is 2.32. The summed E-state index contributed by atoms with van der Waals surface area (Å²) < 4.78 is 4.70. The fourth-order valence-corrected chi connectivity index (χ4v) is 1.64. The number of rotatable bonds is 9. The molecule has 0 radical (unpaired) electrons. The number of carbonyl (C=O) groups is 2. The van der Waals surface area contributed by atoms with Crippen molar-refractivity contribution in [1.29, 1.82) is 0 Å². The molecule has 0 saturated carbocycles. The van der Waals surface area contributed by atoms with Crippen molar-refractivity contribution in [2.24, 2.45) is 0 Å². The Kier molecular flexibility index (Phi) is 9.07. The topological polar surface area (TPSA) is 128 Å². The summed E-state index contributed by atoms with van der Waals surface area (Å²) in [5.41, 5.74) is 0. The first-order chi connectivity index (χ1) is 8.85. The van der Waals surface area contributed by atoms with Crippen molar-refractivity contribution >= 4 is 19.9 Å². The van der Waals surface area contributed by atoms with Crippen molar-refractivity contribution < 1.29 is 29.0 Å². The van der Waals surface area contributed by atoms with Crippen LogP contribution < -0.4 is 10.6 Å². The van der Waals surface area contributed by atoms with Gasteiger partial charge in [-0.3, -0.25) is 0 Å². The van der Waals surface area contributed by atoms with E-state index in [0.29, 0.717) is 13.0 Å². The molecule has 0 aliphatic carbocycles. The number of esters is 1. The van der Waals surface area contributed by atoms with Crippen molar-refractivity contribution in [3.05, 3.63) is 12.7 Å². The maximum absolute atomic E-state index is 11.2. The van der Waals surface area contributed by atoms with Crippen LogP contribution in [0, 0.1) is 0 Å². The van der Waals surface area contributed by atoms with Crippen LogP contribution in [0.4, 0.5) is 4.79 Å². The number of hydrogen-bond acceptors (Lipinski definition) is 6. The summed E-state index contributed by atoms with van der Waals surface area (Å²) in [6.07, 6.45) is 1.66. The molecule has 110 valence electrons. The van der Waals surface area contributed by atoms with Gasteiger partial charge in [-0.15, -0.1) is 0 Å². The molecule has 0 aromatic rings. The SMILES string of the molecule is C=CC(=O)OCCCNC(=O)NCCC[P+](O)(O)O. The minimum absolute atomic E-state index is 0.148. The van der Waals surface area contributed by atoms with Gasteiger partial charge >= 0.3 is 19.9 Å². The second kappa shape index (κ2) is 9.69. The lowest BCUT2D eigenvalue weighted by atomic mass is 10.4. The van der Waals surface area contributed by atoms with Gasteiger partial charge in [-0.25, -0.2) is 9.59 Å². The highest BCUT2D eigenvalue weighted by Gasteiger charge is 2.28. The van der Waals surface area contributed by atoms with E-state index in [2.05, 4.69) is 17.2 Å². The summed E-state index contributed by atoms with van der Waals surface area (Å²) in [5.74, 6) is -0.506. The molecule has 2 amide bonds. The molecule has 0 atom stereocenters. The molecular formula is C10H20N2O6P+. The third-order valence-corrected chi connectivity index (χ3v) is 2.85. The minimum atomic E-state index is -3.75. The molecule has 0 aliphatic rings. The van der Waals surface area contributed by atoms with E-state index in [9.17, 15) is 9.59 Å². The van der Waals surface area contributed by atoms with E-state index >= 15 is 0 Å². The Bertz CT molecular complexity index is 305. The Hall–Kier alpha value is -1.21. The third kappa shape index (κ3) is 13.0. The summed E-state index contributed by atoms with van der Waals surface area (Å²) in [4.78, 5) is 47.9. The van der Waals surface area contributed by atoms with Gasteiger partial charge in [0.2, 0.25) is 0 Å². The first-order valence-corrected chi connectivity index (χ1v) is 7.55. The van der Waals surface area contributed by atoms with Crippen molar-refractivity contribution in [2.45, 2.75) is 12.8 Å². The molecule has 9 heteroatoms. The quantitative estimate of drug-likeness (QED) is 0.169. The zero-order valence-corrected chi connectivity index (χ0v) is 11.4. The Balaban J connectivity index is 3.40. The van der Waals surface area contributed by atoms with Crippen LogP contribution in [0.1, 0.15) is 12.8 Å². The number of urea groups is 1. The second-order valence-corrected chi connectivity index (χ2v) is 5.51. The largest absolute Gasteiger partial charge is 0.462 e. The maximum atomic E-state index is 11.2. The van der Waals surface area contributed by atoms with Crippen molar-refractivity contribution in [3.8, 4) is 0 Å². The van der Waals surface area contributed by atoms with Crippen LogP contribution in [0.15, 0.2) is 12.7 Å². The van der Waals surface area contributed by atoms with Crippen molar-refractivity contribution in [2.75, 3.05) is 25.9 Å². The Labute approximate surface area is 112 Å². The predicted molar refractivity (Wildman–Crippen MR) is 70.2 cm³/mol. The molecule has 5 N–H and O–H groups in total. The molecule has 0 aromatic heterocycles. The molecule has 0 bridgehead atoms. The fraction of sp³-hybridized carbons (Fsp3) is 0.600. The first kappa shape index (κ1) is 17.8. The van der Waals surface area contributed by atoms with Gasteiger partial charge in [0, 0.05) is 25.6 Å². The molecule has 0 rings (SSSR count). The van der Waals surface area contributed by atoms with Crippen LogP contribution in [0.5, 0.6) is 0 Å². The van der Waals surface area contributed by atoms with E-state index in [1.54, 1.807) is 0 Å². The molecule has 0 spiro atoms. The van der Waals surface area contributed by atoms with E-state index in [-0.39, 0.29) is 25.7 Å². The van der Waals surface area contributed by atoms with Crippen LogP contribution >= 0.6 is 7.94 Å². The molecule has 8 nitrogen and oxygen atoms in total. The highest BCUT2D eigenvalue weighted by molar-refractivity contribution is 7.58. The molecule has 0 saturated heterocycles. The minimum Gasteiger partial charge on any atom is -0.462 e. The summed E-state index contributed by atoms with van der Waals surface area (Å²) in [6.45, 7) is 4.00. The lowest BCUT2D eigenvalue weighted by Gasteiger charge is -2.08. The fourth-order valence-electron chi connectivity index (χ4n) is 1.06. The van der Waals surface area contributed by atoms with Crippen molar-refractivity contribution in [1.82, 2.24) is 10.6 Å². The highest BCUT2D eigenvalue weighted by Crippen LogP contribution is 2.44. The molecule has 0 unspecified atom stereocenters. The number of carbonyl (C=O) groups excluding carboxylic acids is 2. The Morgan fingerprint density at radius 3 is 2.26 bits per heavy atom. The lowest BCUT2D eigenvalue weighted by Crippen LogP contribution is -2.37. The second-order valence-electron chi connectivity index (χ2n) is 3.68. The molecule has 19 heavy (non-hydrogen) atoms. The number of nitrogens with one attached hydrogen (secondary N) is 2. The Morgan fingerprint density at radius 2 is 1.74 bits per heavy atom. The average molecular weight is 295 g/mol. The summed E-state index contributed by atoms with van der Waals surface area (Å²) >= 11 is 0. The van der Waals surface area contributed by atoms with Gasteiger partial charge in [-0.05, 0) is 6.42 Å². The molecule has 0 heterocycles. The molecule has 0 aromatic carbocycles. The van der Waals surface area contributed by atoms with E-state index in [1.807, 2.05) is 0 Å². The van der Waals surface area contributed by atoms with Gasteiger partial charge in [0.1, 0.15) is 6.16 Å². The third-order valence-electron chi connectivity index (χ3n) is 1.94. The zero-order valence-electron chi connectivity index (χ0n) is 10.5. The van der Waals surface area contributed by atoms with E-state index in [1.165, 1.54) is 0 Å². The smallest absolute Gasteiger partial charge is 0.403 e. The first-order valence-electron chi connectivity index (χ1n) is 5.72. The number of amides is 2. The standard InChI is InChI=1S/C10H19N2O6P/c1-2-9(13)18-7-3-5-11-10(14)12-6-4-8-19(15,16)17/h2,15-17H,1,3-8H2,(H-,11,12,14)/p+1. The van der Waals surface area contributed by atoms with Crippen LogP contribution in [0.3, 0.4) is 0 Å². The monoisotopic (exact) mass is 295 g/mol. The van der Waals surface area contributed by atoms with E-state index in [4.69, 9.17) is 19.4 Å². The van der Waals surface area contributed by atoms with E-state index in [0.717, 1.165) is 6.08 Å². The van der Waals surface area contributed by atoms with E-state index < -0.39 is 19.9 Å². The number of ether oxygens (including phenoxy) is 1. The van der Waals surface area contributed by atoms with Gasteiger partial charge in [0.15, 0.2) is 0 Å². The zero-order chi connectivity index (χ0) is 14.7. The summed E-state index contributed by atoms with van der Waals surface area (Å²) in [5, 5.41) is 5.00. The van der Waals surface area contributed by atoms with Crippen LogP contribution in [0.25, 0.3) is 0 Å². The molecular weight excluding hydrogens is 275 g/mol. The van der Waals surface area contributed by atoms with Gasteiger partial charge in [-0.1, -0.05) is 6.58 Å². The van der Waals surface area contributed by atoms with Gasteiger partial charge < -0.3 is 15.4 Å². The van der Waals surface area contributed by atoms with Crippen LogP contribution in [-0.4, -0.2) is 52.5 Å². The van der Waals surface area contributed by atoms with Gasteiger partial charge in [-0.2, -0.15) is 14.7 Å². The van der Waals surface area contributed by atoms with Crippen LogP contribution in [-0.2, 0) is 9.53 Å². The summed E-state index contributed by atoms with van der Waals surface area (Å²) in [7, 11) is -3.75. The molecule has 0 aliphatic heterocycles. The van der Waals surface area contributed by atoms with Gasteiger partial charge in [0.25, 0.3) is 0 Å². The summed E-state index contributed by atoms with van der Waals surface area (Å²) in [6, 6.07) is -0.409.